The lowest BCUT2D eigenvalue weighted by molar-refractivity contribution is 0.145. The van der Waals surface area contributed by atoms with Gasteiger partial charge in [-0.2, -0.15) is 8.42 Å². The van der Waals surface area contributed by atoms with Gasteiger partial charge in [0, 0.05) is 0 Å². The van der Waals surface area contributed by atoms with Crippen LogP contribution in [0, 0.1) is 5.92 Å². The molecule has 0 amide bonds. The smallest absolute Gasteiger partial charge is 0.264 e. The Morgan fingerprint density at radius 2 is 2.15 bits per heavy atom. The molecule has 13 heavy (non-hydrogen) atoms. The number of hydrogen-bond acceptors (Lipinski definition) is 3. The Kier molecular flexibility index (Phi) is 3.50. The molecular weight excluding hydrogens is 188 g/mol. The van der Waals surface area contributed by atoms with E-state index in [1.54, 1.807) is 0 Å². The number of hydrogen-bond donors (Lipinski definition) is 0. The molecule has 1 saturated carbocycles. The first-order valence-corrected chi connectivity index (χ1v) is 6.34. The quantitative estimate of drug-likeness (QED) is 0.519. The summed E-state index contributed by atoms with van der Waals surface area (Å²) in [4.78, 5) is 0. The first kappa shape index (κ1) is 10.7. The van der Waals surface area contributed by atoms with Gasteiger partial charge in [-0.25, -0.2) is 0 Å². The van der Waals surface area contributed by atoms with E-state index < -0.39 is 10.1 Å². The van der Waals surface area contributed by atoms with Gasteiger partial charge in [-0.15, -0.1) is 6.58 Å². The maximum absolute atomic E-state index is 10.8. The molecule has 0 aromatic carbocycles. The van der Waals surface area contributed by atoms with Crippen LogP contribution in [0.15, 0.2) is 12.7 Å². The van der Waals surface area contributed by atoms with Crippen LogP contribution in [0.4, 0.5) is 0 Å². The van der Waals surface area contributed by atoms with Gasteiger partial charge in [0.25, 0.3) is 10.1 Å². The number of allylic oxidation sites excluding steroid dienone is 1. The molecule has 0 aromatic heterocycles. The van der Waals surface area contributed by atoms with Crippen LogP contribution in [0.2, 0.25) is 0 Å². The topological polar surface area (TPSA) is 43.4 Å². The second kappa shape index (κ2) is 4.24. The standard InChI is InChI=1S/C9H16O3S/c1-3-8-5-4-6-9(7-8)12-13(2,10)11/h3,8-9H,1,4-7H2,2H3/t8-,9-/m1/s1. The molecule has 0 N–H and O–H groups in total. The summed E-state index contributed by atoms with van der Waals surface area (Å²) < 4.78 is 26.6. The molecule has 0 spiro atoms. The number of rotatable bonds is 3. The van der Waals surface area contributed by atoms with Gasteiger partial charge in [0.05, 0.1) is 12.4 Å². The van der Waals surface area contributed by atoms with Crippen molar-refractivity contribution in [1.29, 1.82) is 0 Å². The predicted molar refractivity (Wildman–Crippen MR) is 51.9 cm³/mol. The average Bonchev–Trinajstić information content (AvgIpc) is 2.01. The zero-order valence-corrected chi connectivity index (χ0v) is 8.72. The third-order valence-corrected chi connectivity index (χ3v) is 2.93. The molecule has 0 saturated heterocycles. The fraction of sp³-hybridized carbons (Fsp3) is 0.778. The highest BCUT2D eigenvalue weighted by atomic mass is 32.2. The van der Waals surface area contributed by atoms with Gasteiger partial charge < -0.3 is 0 Å². The molecule has 4 heteroatoms. The second-order valence-corrected chi connectivity index (χ2v) is 5.19. The van der Waals surface area contributed by atoms with Crippen LogP contribution < -0.4 is 0 Å². The van der Waals surface area contributed by atoms with E-state index in [4.69, 9.17) is 4.18 Å². The Labute approximate surface area is 79.9 Å². The van der Waals surface area contributed by atoms with E-state index in [1.165, 1.54) is 0 Å². The maximum atomic E-state index is 10.8. The Morgan fingerprint density at radius 1 is 1.46 bits per heavy atom. The van der Waals surface area contributed by atoms with Gasteiger partial charge in [0.2, 0.25) is 0 Å². The van der Waals surface area contributed by atoms with E-state index in [2.05, 4.69) is 6.58 Å². The van der Waals surface area contributed by atoms with Gasteiger partial charge in [-0.3, -0.25) is 4.18 Å². The zero-order chi connectivity index (χ0) is 9.90. The van der Waals surface area contributed by atoms with Crippen molar-refractivity contribution in [2.24, 2.45) is 5.92 Å². The van der Waals surface area contributed by atoms with Crippen molar-refractivity contribution in [2.45, 2.75) is 31.8 Å². The predicted octanol–water partition coefficient (Wildman–Crippen LogP) is 1.71. The molecule has 0 aromatic rings. The first-order valence-electron chi connectivity index (χ1n) is 4.52. The van der Waals surface area contributed by atoms with Gasteiger partial charge in [0.15, 0.2) is 0 Å². The molecule has 0 bridgehead atoms. The Morgan fingerprint density at radius 3 is 2.69 bits per heavy atom. The lowest BCUT2D eigenvalue weighted by Gasteiger charge is -2.25. The third-order valence-electron chi connectivity index (χ3n) is 2.31. The minimum Gasteiger partial charge on any atom is -0.267 e. The summed E-state index contributed by atoms with van der Waals surface area (Å²) in [5, 5.41) is 0. The van der Waals surface area contributed by atoms with Gasteiger partial charge >= 0.3 is 0 Å². The maximum Gasteiger partial charge on any atom is 0.264 e. The van der Waals surface area contributed by atoms with Crippen LogP contribution in [0.3, 0.4) is 0 Å². The van der Waals surface area contributed by atoms with Gasteiger partial charge in [-0.1, -0.05) is 12.5 Å². The van der Waals surface area contributed by atoms with Crippen LogP contribution in [-0.4, -0.2) is 20.8 Å². The largest absolute Gasteiger partial charge is 0.267 e. The van der Waals surface area contributed by atoms with E-state index in [0.717, 1.165) is 31.9 Å². The summed E-state index contributed by atoms with van der Waals surface area (Å²) in [6.07, 6.45) is 6.62. The van der Waals surface area contributed by atoms with E-state index in [1.807, 2.05) is 6.08 Å². The molecule has 1 aliphatic rings. The van der Waals surface area contributed by atoms with Crippen molar-refractivity contribution < 1.29 is 12.6 Å². The van der Waals surface area contributed by atoms with E-state index in [9.17, 15) is 8.42 Å². The Balaban J connectivity index is 2.47. The summed E-state index contributed by atoms with van der Waals surface area (Å²) in [6.45, 7) is 3.71. The molecule has 3 nitrogen and oxygen atoms in total. The first-order chi connectivity index (χ1) is 6.01. The lowest BCUT2D eigenvalue weighted by Crippen LogP contribution is -2.24. The summed E-state index contributed by atoms with van der Waals surface area (Å²) in [7, 11) is -3.29. The Bertz CT molecular complexity index is 269. The summed E-state index contributed by atoms with van der Waals surface area (Å²) in [5.41, 5.74) is 0. The summed E-state index contributed by atoms with van der Waals surface area (Å²) in [5.74, 6) is 0.417. The SMILES string of the molecule is C=C[C@@H]1CCC[C@@H](OS(C)(=O)=O)C1. The third kappa shape index (κ3) is 3.91. The van der Waals surface area contributed by atoms with Gasteiger partial charge in [0.1, 0.15) is 0 Å². The minimum absolute atomic E-state index is 0.133. The van der Waals surface area contributed by atoms with Crippen molar-refractivity contribution in [3.8, 4) is 0 Å². The molecule has 76 valence electrons. The van der Waals surface area contributed by atoms with Crippen molar-refractivity contribution in [2.75, 3.05) is 6.26 Å². The van der Waals surface area contributed by atoms with Crippen molar-refractivity contribution >= 4 is 10.1 Å². The minimum atomic E-state index is -3.29. The second-order valence-electron chi connectivity index (χ2n) is 3.58. The van der Waals surface area contributed by atoms with Crippen molar-refractivity contribution in [1.82, 2.24) is 0 Å². The molecule has 0 heterocycles. The molecule has 1 rings (SSSR count). The fourth-order valence-corrected chi connectivity index (χ4v) is 2.40. The van der Waals surface area contributed by atoms with Gasteiger partial charge in [-0.05, 0) is 25.2 Å². The van der Waals surface area contributed by atoms with Crippen molar-refractivity contribution in [3.05, 3.63) is 12.7 Å². The van der Waals surface area contributed by atoms with E-state index >= 15 is 0 Å². The van der Waals surface area contributed by atoms with Crippen LogP contribution in [0.1, 0.15) is 25.7 Å². The molecule has 0 unspecified atom stereocenters. The summed E-state index contributed by atoms with van der Waals surface area (Å²) in [6, 6.07) is 0. The van der Waals surface area contributed by atoms with Crippen LogP contribution in [0.25, 0.3) is 0 Å². The molecule has 0 aliphatic heterocycles. The summed E-state index contributed by atoms with van der Waals surface area (Å²) >= 11 is 0. The van der Waals surface area contributed by atoms with Crippen LogP contribution >= 0.6 is 0 Å². The molecule has 0 radical (unpaired) electrons. The van der Waals surface area contributed by atoms with Crippen LogP contribution in [0.5, 0.6) is 0 Å². The molecule has 1 aliphatic carbocycles. The molecular formula is C9H16O3S. The monoisotopic (exact) mass is 204 g/mol. The zero-order valence-electron chi connectivity index (χ0n) is 7.90. The van der Waals surface area contributed by atoms with Crippen LogP contribution in [-0.2, 0) is 14.3 Å². The molecule has 1 fully saturated rings. The van der Waals surface area contributed by atoms with E-state index in [0.29, 0.717) is 5.92 Å². The lowest BCUT2D eigenvalue weighted by atomic mass is 9.87. The highest BCUT2D eigenvalue weighted by molar-refractivity contribution is 7.86. The Hall–Kier alpha value is -0.350. The highest BCUT2D eigenvalue weighted by Gasteiger charge is 2.23. The average molecular weight is 204 g/mol. The normalized spacial score (nSPS) is 29.9. The molecule has 2 atom stereocenters. The fourth-order valence-electron chi connectivity index (χ4n) is 1.73. The van der Waals surface area contributed by atoms with E-state index in [-0.39, 0.29) is 6.10 Å². The highest BCUT2D eigenvalue weighted by Crippen LogP contribution is 2.27. The van der Waals surface area contributed by atoms with Crippen molar-refractivity contribution in [3.63, 3.8) is 0 Å².